The fraction of sp³-hybridized carbons (Fsp3) is 0. The topological polar surface area (TPSA) is 48.5 Å². The Morgan fingerprint density at radius 3 is 1.67 bits per heavy atom. The van der Waals surface area contributed by atoms with Crippen molar-refractivity contribution in [1.82, 2.24) is 24.1 Å². The highest BCUT2D eigenvalue weighted by molar-refractivity contribution is 7.25. The third-order valence-corrected chi connectivity index (χ3v) is 12.3. The van der Waals surface area contributed by atoms with Crippen molar-refractivity contribution in [2.24, 2.45) is 0 Å². The summed E-state index contributed by atoms with van der Waals surface area (Å²) in [5.41, 5.74) is 9.62. The molecule has 0 amide bonds. The standard InChI is InChI=1S/C51H31N5S/c1-4-16-32(17-5-1)40-31-43-46(38-23-10-13-25-41(38)55(43)35-20-8-3-9-21-35)47-39-24-11-14-26-42(39)56(48(40)47)51-53-49(33-18-6-2-7-19-33)52-50(54-51)34-28-29-37-36-22-12-15-27-44(36)57-45(37)30-34/h1-31H. The molecule has 57 heavy (non-hydrogen) atoms. The van der Waals surface area contributed by atoms with Gasteiger partial charge in [0.2, 0.25) is 5.95 Å². The van der Waals surface area contributed by atoms with E-state index >= 15 is 0 Å². The number of hydrogen-bond donors (Lipinski definition) is 0. The fourth-order valence-electron chi connectivity index (χ4n) is 8.69. The maximum Gasteiger partial charge on any atom is 0.238 e. The summed E-state index contributed by atoms with van der Waals surface area (Å²) in [7, 11) is 0. The lowest BCUT2D eigenvalue weighted by atomic mass is 9.98. The van der Waals surface area contributed by atoms with Crippen LogP contribution in [0.1, 0.15) is 0 Å². The Morgan fingerprint density at radius 2 is 0.930 bits per heavy atom. The Labute approximate surface area is 331 Å². The molecule has 0 N–H and O–H groups in total. The van der Waals surface area contributed by atoms with Gasteiger partial charge in [-0.2, -0.15) is 9.97 Å². The minimum atomic E-state index is 0.574. The molecular weight excluding hydrogens is 715 g/mol. The third kappa shape index (κ3) is 4.91. The van der Waals surface area contributed by atoms with Gasteiger partial charge in [-0.25, -0.2) is 4.98 Å². The summed E-state index contributed by atoms with van der Waals surface area (Å²) in [6.45, 7) is 0. The molecule has 0 aliphatic carbocycles. The Kier molecular flexibility index (Phi) is 7.03. The van der Waals surface area contributed by atoms with Crippen molar-refractivity contribution in [3.63, 3.8) is 0 Å². The highest BCUT2D eigenvalue weighted by atomic mass is 32.1. The SMILES string of the molecule is c1ccc(-c2nc(-c3ccc4c(c3)sc3ccccc34)nc(-n3c4ccccc4c4c5c6ccccc6n(-c6ccccc6)c5cc(-c5ccccc5)c43)n2)cc1. The molecule has 0 bridgehead atoms. The van der Waals surface area contributed by atoms with Crippen LogP contribution in [0.25, 0.3) is 109 Å². The van der Waals surface area contributed by atoms with Crippen molar-refractivity contribution in [1.29, 1.82) is 0 Å². The average molecular weight is 746 g/mol. The van der Waals surface area contributed by atoms with E-state index in [9.17, 15) is 0 Å². The molecule has 0 spiro atoms. The van der Waals surface area contributed by atoms with Gasteiger partial charge >= 0.3 is 0 Å². The van der Waals surface area contributed by atoms with Crippen LogP contribution < -0.4 is 0 Å². The number of para-hydroxylation sites is 3. The number of rotatable bonds is 5. The Morgan fingerprint density at radius 1 is 0.368 bits per heavy atom. The lowest BCUT2D eigenvalue weighted by molar-refractivity contribution is 0.954. The first-order valence-corrected chi connectivity index (χ1v) is 19.9. The molecule has 4 aromatic heterocycles. The van der Waals surface area contributed by atoms with Gasteiger partial charge < -0.3 is 4.57 Å². The first-order chi connectivity index (χ1) is 28.3. The van der Waals surface area contributed by atoms with E-state index in [1.807, 2.05) is 18.2 Å². The number of aromatic nitrogens is 5. The predicted octanol–water partition coefficient (Wildman–Crippen LogP) is 13.4. The molecule has 6 heteroatoms. The average Bonchev–Trinajstić information content (AvgIpc) is 3.94. The molecule has 0 fully saturated rings. The lowest BCUT2D eigenvalue weighted by Gasteiger charge is -2.14. The summed E-state index contributed by atoms with van der Waals surface area (Å²) in [6.07, 6.45) is 0. The molecule has 12 rings (SSSR count). The molecule has 0 unspecified atom stereocenters. The molecule has 0 saturated heterocycles. The quantitative estimate of drug-likeness (QED) is 0.176. The van der Waals surface area contributed by atoms with Gasteiger partial charge in [-0.15, -0.1) is 11.3 Å². The molecular formula is C51H31N5S. The highest BCUT2D eigenvalue weighted by Crippen LogP contribution is 2.46. The summed E-state index contributed by atoms with van der Waals surface area (Å²) in [5.74, 6) is 1.83. The monoisotopic (exact) mass is 745 g/mol. The molecule has 0 radical (unpaired) electrons. The van der Waals surface area contributed by atoms with Crippen LogP contribution in [0.4, 0.5) is 0 Å². The van der Waals surface area contributed by atoms with Crippen molar-refractivity contribution in [2.75, 3.05) is 0 Å². The van der Waals surface area contributed by atoms with Crippen LogP contribution >= 0.6 is 11.3 Å². The molecule has 12 aromatic rings. The van der Waals surface area contributed by atoms with Crippen LogP contribution in [-0.4, -0.2) is 24.1 Å². The molecule has 5 nitrogen and oxygen atoms in total. The van der Waals surface area contributed by atoms with E-state index in [1.165, 1.54) is 36.3 Å². The third-order valence-electron chi connectivity index (χ3n) is 11.2. The normalized spacial score (nSPS) is 11.9. The van der Waals surface area contributed by atoms with Gasteiger partial charge in [0.25, 0.3) is 0 Å². The zero-order chi connectivity index (χ0) is 37.5. The highest BCUT2D eigenvalue weighted by Gasteiger charge is 2.26. The van der Waals surface area contributed by atoms with Gasteiger partial charge in [0.1, 0.15) is 0 Å². The van der Waals surface area contributed by atoms with Gasteiger partial charge in [0, 0.05) is 64.1 Å². The first kappa shape index (κ1) is 31.9. The fourth-order valence-corrected chi connectivity index (χ4v) is 9.83. The van der Waals surface area contributed by atoms with Crippen molar-refractivity contribution in [2.45, 2.75) is 0 Å². The minimum absolute atomic E-state index is 0.574. The molecule has 0 aliphatic heterocycles. The maximum atomic E-state index is 5.40. The second kappa shape index (κ2) is 12.6. The Balaban J connectivity index is 1.23. The van der Waals surface area contributed by atoms with Crippen LogP contribution in [0.5, 0.6) is 0 Å². The number of nitrogens with zero attached hydrogens (tertiary/aromatic N) is 5. The van der Waals surface area contributed by atoms with Crippen molar-refractivity contribution >= 4 is 75.1 Å². The van der Waals surface area contributed by atoms with E-state index in [4.69, 9.17) is 15.0 Å². The molecule has 8 aromatic carbocycles. The molecule has 266 valence electrons. The van der Waals surface area contributed by atoms with Crippen LogP contribution in [0.15, 0.2) is 188 Å². The van der Waals surface area contributed by atoms with Crippen LogP contribution in [0.2, 0.25) is 0 Å². The maximum absolute atomic E-state index is 5.40. The Hall–Kier alpha value is -7.41. The first-order valence-electron chi connectivity index (χ1n) is 19.1. The number of benzene rings is 8. The lowest BCUT2D eigenvalue weighted by Crippen LogP contribution is -2.07. The minimum Gasteiger partial charge on any atom is -0.309 e. The predicted molar refractivity (Wildman–Crippen MR) is 238 cm³/mol. The van der Waals surface area contributed by atoms with Gasteiger partial charge in [-0.1, -0.05) is 146 Å². The van der Waals surface area contributed by atoms with E-state index in [2.05, 4.69) is 179 Å². The zero-order valence-corrected chi connectivity index (χ0v) is 31.4. The van der Waals surface area contributed by atoms with Crippen LogP contribution in [-0.2, 0) is 0 Å². The second-order valence-corrected chi connectivity index (χ2v) is 15.5. The van der Waals surface area contributed by atoms with Crippen molar-refractivity contribution in [3.05, 3.63) is 188 Å². The van der Waals surface area contributed by atoms with E-state index < -0.39 is 0 Å². The van der Waals surface area contributed by atoms with E-state index in [0.29, 0.717) is 17.6 Å². The summed E-state index contributed by atoms with van der Waals surface area (Å²) in [5, 5.41) is 7.21. The summed E-state index contributed by atoms with van der Waals surface area (Å²) >= 11 is 1.80. The summed E-state index contributed by atoms with van der Waals surface area (Å²) in [6, 6.07) is 66.6. The zero-order valence-electron chi connectivity index (χ0n) is 30.5. The van der Waals surface area contributed by atoms with Crippen molar-refractivity contribution in [3.8, 4) is 45.5 Å². The van der Waals surface area contributed by atoms with Crippen LogP contribution in [0.3, 0.4) is 0 Å². The van der Waals surface area contributed by atoms with E-state index in [1.54, 1.807) is 11.3 Å². The number of fused-ring (bicyclic) bond motifs is 10. The number of thiophene rings is 1. The van der Waals surface area contributed by atoms with E-state index in [0.717, 1.165) is 55.4 Å². The van der Waals surface area contributed by atoms with Gasteiger partial charge in [-0.05, 0) is 48.0 Å². The van der Waals surface area contributed by atoms with Gasteiger partial charge in [-0.3, -0.25) is 4.57 Å². The smallest absolute Gasteiger partial charge is 0.238 e. The Bertz CT molecular complexity index is 3510. The van der Waals surface area contributed by atoms with Crippen molar-refractivity contribution < 1.29 is 0 Å². The van der Waals surface area contributed by atoms with E-state index in [-0.39, 0.29) is 0 Å². The summed E-state index contributed by atoms with van der Waals surface area (Å²) in [4.78, 5) is 15.9. The largest absolute Gasteiger partial charge is 0.309 e. The number of hydrogen-bond acceptors (Lipinski definition) is 4. The molecule has 0 saturated carbocycles. The van der Waals surface area contributed by atoms with Gasteiger partial charge in [0.15, 0.2) is 11.6 Å². The molecule has 0 aliphatic rings. The van der Waals surface area contributed by atoms with Gasteiger partial charge in [0.05, 0.1) is 22.1 Å². The second-order valence-electron chi connectivity index (χ2n) is 14.4. The van der Waals surface area contributed by atoms with Crippen LogP contribution in [0, 0.1) is 0 Å². The summed E-state index contributed by atoms with van der Waals surface area (Å²) < 4.78 is 7.15. The molecule has 0 atom stereocenters. The molecule has 4 heterocycles.